The van der Waals surface area contributed by atoms with Crippen LogP contribution in [0.1, 0.15) is 23.2 Å². The number of carbonyl (C=O) groups excluding carboxylic acids is 1. The molecule has 2 aromatic carbocycles. The molecule has 25 heavy (non-hydrogen) atoms. The van der Waals surface area contributed by atoms with Gasteiger partial charge in [0.05, 0.1) is 0 Å². The second kappa shape index (κ2) is 7.61. The quantitative estimate of drug-likeness (QED) is 0.918. The third kappa shape index (κ3) is 4.54. The van der Waals surface area contributed by atoms with Gasteiger partial charge in [-0.25, -0.2) is 8.78 Å². The Morgan fingerprint density at radius 1 is 1.12 bits per heavy atom. The number of amides is 1. The molecule has 4 nitrogen and oxygen atoms in total. The fourth-order valence-electron chi connectivity index (χ4n) is 2.78. The lowest BCUT2D eigenvalue weighted by atomic mass is 10.1. The molecule has 0 bridgehead atoms. The van der Waals surface area contributed by atoms with E-state index < -0.39 is 17.5 Å². The number of ether oxygens (including phenoxy) is 1. The summed E-state index contributed by atoms with van der Waals surface area (Å²) in [6.45, 7) is 1.99. The molecule has 132 valence electrons. The highest BCUT2D eigenvalue weighted by Crippen LogP contribution is 2.22. The monoisotopic (exact) mass is 346 g/mol. The number of nitrogens with one attached hydrogen (secondary N) is 1. The van der Waals surface area contributed by atoms with E-state index in [9.17, 15) is 13.6 Å². The Balaban J connectivity index is 1.64. The van der Waals surface area contributed by atoms with E-state index in [4.69, 9.17) is 4.74 Å². The molecule has 1 amide bonds. The zero-order chi connectivity index (χ0) is 17.8. The highest BCUT2D eigenvalue weighted by molar-refractivity contribution is 6.04. The number of anilines is 1. The third-order valence-corrected chi connectivity index (χ3v) is 4.24. The molecule has 6 heteroatoms. The van der Waals surface area contributed by atoms with Gasteiger partial charge >= 0.3 is 0 Å². The SMILES string of the molecule is CN1CCC(Oc2cccc(NC(=O)c3ccc(F)c(F)c3)c2)CC1. The van der Waals surface area contributed by atoms with Crippen molar-refractivity contribution in [1.82, 2.24) is 4.90 Å². The van der Waals surface area contributed by atoms with E-state index >= 15 is 0 Å². The molecular weight excluding hydrogens is 326 g/mol. The molecule has 0 unspecified atom stereocenters. The van der Waals surface area contributed by atoms with Crippen LogP contribution >= 0.6 is 0 Å². The van der Waals surface area contributed by atoms with Gasteiger partial charge in [-0.15, -0.1) is 0 Å². The fourth-order valence-corrected chi connectivity index (χ4v) is 2.78. The highest BCUT2D eigenvalue weighted by Gasteiger charge is 2.18. The van der Waals surface area contributed by atoms with E-state index in [1.54, 1.807) is 18.2 Å². The molecule has 0 spiro atoms. The van der Waals surface area contributed by atoms with Crippen molar-refractivity contribution in [2.24, 2.45) is 0 Å². The lowest BCUT2D eigenvalue weighted by molar-refractivity contribution is 0.102. The molecule has 3 rings (SSSR count). The molecule has 1 N–H and O–H groups in total. The molecule has 0 saturated carbocycles. The van der Waals surface area contributed by atoms with E-state index in [1.807, 2.05) is 6.07 Å². The van der Waals surface area contributed by atoms with Gasteiger partial charge in [0.25, 0.3) is 5.91 Å². The first-order valence-corrected chi connectivity index (χ1v) is 8.23. The average molecular weight is 346 g/mol. The van der Waals surface area contributed by atoms with Gasteiger partial charge in [0.1, 0.15) is 11.9 Å². The number of hydrogen-bond donors (Lipinski definition) is 1. The van der Waals surface area contributed by atoms with E-state index in [-0.39, 0.29) is 11.7 Å². The molecule has 1 aliphatic heterocycles. The normalized spacial score (nSPS) is 15.8. The number of halogens is 2. The summed E-state index contributed by atoms with van der Waals surface area (Å²) in [5.74, 6) is -1.86. The Labute approximate surface area is 145 Å². The smallest absolute Gasteiger partial charge is 0.255 e. The maximum atomic E-state index is 13.3. The first kappa shape index (κ1) is 17.4. The number of rotatable bonds is 4. The van der Waals surface area contributed by atoms with Crippen molar-refractivity contribution < 1.29 is 18.3 Å². The topological polar surface area (TPSA) is 41.6 Å². The number of carbonyl (C=O) groups is 1. The van der Waals surface area contributed by atoms with E-state index in [0.29, 0.717) is 11.4 Å². The van der Waals surface area contributed by atoms with Crippen LogP contribution in [0, 0.1) is 11.6 Å². The van der Waals surface area contributed by atoms with Crippen molar-refractivity contribution in [1.29, 1.82) is 0 Å². The number of likely N-dealkylation sites (tertiary alicyclic amines) is 1. The van der Waals surface area contributed by atoms with Gasteiger partial charge in [0.15, 0.2) is 11.6 Å². The van der Waals surface area contributed by atoms with Crippen LogP contribution in [0.4, 0.5) is 14.5 Å². The molecule has 1 aliphatic rings. The molecule has 2 aromatic rings. The summed E-state index contributed by atoms with van der Waals surface area (Å²) in [4.78, 5) is 14.4. The summed E-state index contributed by atoms with van der Waals surface area (Å²) >= 11 is 0. The molecule has 1 heterocycles. The van der Waals surface area contributed by atoms with Crippen molar-refractivity contribution in [3.63, 3.8) is 0 Å². The predicted molar refractivity (Wildman–Crippen MR) is 91.9 cm³/mol. The minimum absolute atomic E-state index is 0.0561. The second-order valence-electron chi connectivity index (χ2n) is 6.23. The third-order valence-electron chi connectivity index (χ3n) is 4.24. The summed E-state index contributed by atoms with van der Waals surface area (Å²) in [5, 5.41) is 2.67. The van der Waals surface area contributed by atoms with E-state index in [0.717, 1.165) is 38.1 Å². The number of piperidine rings is 1. The van der Waals surface area contributed by atoms with Gasteiger partial charge in [0, 0.05) is 30.4 Å². The summed E-state index contributed by atoms with van der Waals surface area (Å²) in [6, 6.07) is 10.1. The van der Waals surface area contributed by atoms with Gasteiger partial charge in [-0.1, -0.05) is 6.07 Å². The van der Waals surface area contributed by atoms with E-state index in [1.165, 1.54) is 6.07 Å². The standard InChI is InChI=1S/C19H20F2N2O2/c1-23-9-7-15(8-10-23)25-16-4-2-3-14(12-16)22-19(24)13-5-6-17(20)18(21)11-13/h2-6,11-12,15H,7-10H2,1H3,(H,22,24). The van der Waals surface area contributed by atoms with Crippen molar-refractivity contribution in [2.45, 2.75) is 18.9 Å². The Hall–Kier alpha value is -2.47. The van der Waals surface area contributed by atoms with Gasteiger partial charge in [-0.05, 0) is 50.2 Å². The minimum atomic E-state index is -1.05. The van der Waals surface area contributed by atoms with Gasteiger partial charge < -0.3 is 15.0 Å². The number of nitrogens with zero attached hydrogens (tertiary/aromatic N) is 1. The zero-order valence-electron chi connectivity index (χ0n) is 14.0. The Kier molecular flexibility index (Phi) is 5.28. The molecule has 1 saturated heterocycles. The maximum absolute atomic E-state index is 13.3. The fraction of sp³-hybridized carbons (Fsp3) is 0.316. The summed E-state index contributed by atoms with van der Waals surface area (Å²) in [6.07, 6.45) is 2.08. The first-order chi connectivity index (χ1) is 12.0. The van der Waals surface area contributed by atoms with Crippen LogP contribution in [0.2, 0.25) is 0 Å². The molecule has 0 aliphatic carbocycles. The van der Waals surface area contributed by atoms with Crippen LogP contribution in [-0.4, -0.2) is 37.0 Å². The van der Waals surface area contributed by atoms with Gasteiger partial charge in [-0.2, -0.15) is 0 Å². The molecule has 1 fully saturated rings. The summed E-state index contributed by atoms with van der Waals surface area (Å²) < 4.78 is 32.2. The molecular formula is C19H20F2N2O2. The molecule has 0 atom stereocenters. The lowest BCUT2D eigenvalue weighted by Gasteiger charge is -2.29. The minimum Gasteiger partial charge on any atom is -0.490 e. The zero-order valence-corrected chi connectivity index (χ0v) is 14.0. The summed E-state index contributed by atoms with van der Waals surface area (Å²) in [5.41, 5.74) is 0.598. The van der Waals surface area contributed by atoms with Crippen LogP contribution in [0.3, 0.4) is 0 Å². The van der Waals surface area contributed by atoms with Gasteiger partial charge in [-0.3, -0.25) is 4.79 Å². The number of hydrogen-bond acceptors (Lipinski definition) is 3. The molecule has 0 aromatic heterocycles. The second-order valence-corrected chi connectivity index (χ2v) is 6.23. The first-order valence-electron chi connectivity index (χ1n) is 8.23. The maximum Gasteiger partial charge on any atom is 0.255 e. The average Bonchev–Trinajstić information content (AvgIpc) is 2.59. The van der Waals surface area contributed by atoms with Crippen LogP contribution in [-0.2, 0) is 0 Å². The Morgan fingerprint density at radius 3 is 2.60 bits per heavy atom. The Bertz CT molecular complexity index is 759. The van der Waals surface area contributed by atoms with Crippen LogP contribution in [0.5, 0.6) is 5.75 Å². The van der Waals surface area contributed by atoms with Crippen molar-refractivity contribution in [2.75, 3.05) is 25.5 Å². The van der Waals surface area contributed by atoms with Crippen LogP contribution in [0.25, 0.3) is 0 Å². The van der Waals surface area contributed by atoms with Crippen LogP contribution in [0.15, 0.2) is 42.5 Å². The lowest BCUT2D eigenvalue weighted by Crippen LogP contribution is -2.35. The van der Waals surface area contributed by atoms with Crippen molar-refractivity contribution >= 4 is 11.6 Å². The van der Waals surface area contributed by atoms with Crippen molar-refractivity contribution in [3.8, 4) is 5.75 Å². The van der Waals surface area contributed by atoms with Crippen LogP contribution < -0.4 is 10.1 Å². The van der Waals surface area contributed by atoms with E-state index in [2.05, 4.69) is 17.3 Å². The number of benzene rings is 2. The summed E-state index contributed by atoms with van der Waals surface area (Å²) in [7, 11) is 2.09. The largest absolute Gasteiger partial charge is 0.490 e. The Morgan fingerprint density at radius 2 is 1.88 bits per heavy atom. The highest BCUT2D eigenvalue weighted by atomic mass is 19.2. The van der Waals surface area contributed by atoms with Crippen molar-refractivity contribution in [3.05, 3.63) is 59.7 Å². The van der Waals surface area contributed by atoms with Gasteiger partial charge in [0.2, 0.25) is 0 Å². The predicted octanol–water partition coefficient (Wildman–Crippen LogP) is 3.69. The molecule has 0 radical (unpaired) electrons.